The van der Waals surface area contributed by atoms with Crippen LogP contribution in [0.1, 0.15) is 29.9 Å². The number of carbonyl (C=O) groups is 2. The van der Waals surface area contributed by atoms with Crippen molar-refractivity contribution in [3.8, 4) is 0 Å². The Labute approximate surface area is 107 Å². The van der Waals surface area contributed by atoms with Gasteiger partial charge in [-0.1, -0.05) is 13.8 Å². The molecule has 0 aliphatic carbocycles. The molecule has 0 spiro atoms. The van der Waals surface area contributed by atoms with Gasteiger partial charge in [0.25, 0.3) is 5.91 Å². The monoisotopic (exact) mass is 249 g/mol. The van der Waals surface area contributed by atoms with Crippen molar-refractivity contribution in [2.45, 2.75) is 20.8 Å². The minimum absolute atomic E-state index is 0.0127. The summed E-state index contributed by atoms with van der Waals surface area (Å²) in [6, 6.07) is 3.51. The van der Waals surface area contributed by atoms with Gasteiger partial charge in [0.1, 0.15) is 0 Å². The zero-order valence-corrected chi connectivity index (χ0v) is 11.0. The van der Waals surface area contributed by atoms with E-state index in [4.69, 9.17) is 0 Å². The highest BCUT2D eigenvalue weighted by molar-refractivity contribution is 5.93. The van der Waals surface area contributed by atoms with Gasteiger partial charge < -0.3 is 10.6 Å². The predicted octanol–water partition coefficient (Wildman–Crippen LogP) is 0.892. The van der Waals surface area contributed by atoms with Crippen LogP contribution in [-0.4, -0.2) is 29.9 Å². The molecule has 0 unspecified atom stereocenters. The van der Waals surface area contributed by atoms with Crippen molar-refractivity contribution in [2.24, 2.45) is 5.92 Å². The molecule has 1 rings (SSSR count). The first-order chi connectivity index (χ1) is 8.50. The summed E-state index contributed by atoms with van der Waals surface area (Å²) in [5.74, 6) is -0.232. The maximum atomic E-state index is 11.7. The Morgan fingerprint density at radius 1 is 1.22 bits per heavy atom. The van der Waals surface area contributed by atoms with E-state index in [0.717, 1.165) is 5.69 Å². The molecule has 2 amide bonds. The lowest BCUT2D eigenvalue weighted by Crippen LogP contribution is -2.36. The number of rotatable bonds is 5. The fourth-order valence-corrected chi connectivity index (χ4v) is 1.27. The van der Waals surface area contributed by atoms with Gasteiger partial charge in [0.05, 0.1) is 5.56 Å². The number of nitrogens with one attached hydrogen (secondary N) is 2. The second-order valence-corrected chi connectivity index (χ2v) is 4.39. The first-order valence-corrected chi connectivity index (χ1v) is 5.99. The zero-order valence-electron chi connectivity index (χ0n) is 11.0. The molecule has 1 aromatic rings. The Balaban J connectivity index is 2.29. The Morgan fingerprint density at radius 2 is 1.89 bits per heavy atom. The van der Waals surface area contributed by atoms with E-state index in [1.54, 1.807) is 12.1 Å². The minimum Gasteiger partial charge on any atom is -0.354 e. The summed E-state index contributed by atoms with van der Waals surface area (Å²) < 4.78 is 0. The van der Waals surface area contributed by atoms with E-state index in [9.17, 15) is 9.59 Å². The molecule has 5 nitrogen and oxygen atoms in total. The molecule has 0 saturated carbocycles. The number of carbonyl (C=O) groups excluding carboxylic acids is 2. The summed E-state index contributed by atoms with van der Waals surface area (Å²) in [5.41, 5.74) is 1.39. The summed E-state index contributed by atoms with van der Waals surface area (Å²) in [4.78, 5) is 27.0. The topological polar surface area (TPSA) is 71.1 Å². The Bertz CT molecular complexity index is 413. The van der Waals surface area contributed by atoms with E-state index >= 15 is 0 Å². The third-order valence-electron chi connectivity index (χ3n) is 2.41. The van der Waals surface area contributed by atoms with E-state index in [0.29, 0.717) is 18.7 Å². The third-order valence-corrected chi connectivity index (χ3v) is 2.41. The number of hydrogen-bond acceptors (Lipinski definition) is 3. The Morgan fingerprint density at radius 3 is 2.44 bits per heavy atom. The van der Waals surface area contributed by atoms with Gasteiger partial charge in [-0.25, -0.2) is 0 Å². The first-order valence-electron chi connectivity index (χ1n) is 5.99. The molecule has 0 fully saturated rings. The summed E-state index contributed by atoms with van der Waals surface area (Å²) in [6.07, 6.45) is 1.54. The van der Waals surface area contributed by atoms with Crippen LogP contribution in [0.5, 0.6) is 0 Å². The van der Waals surface area contributed by atoms with Crippen molar-refractivity contribution in [3.63, 3.8) is 0 Å². The second-order valence-electron chi connectivity index (χ2n) is 4.39. The quantitative estimate of drug-likeness (QED) is 0.761. The highest BCUT2D eigenvalue weighted by Crippen LogP contribution is 1.98. The van der Waals surface area contributed by atoms with Crippen LogP contribution < -0.4 is 10.6 Å². The molecular weight excluding hydrogens is 230 g/mol. The molecule has 0 bridgehead atoms. The molecule has 0 aromatic carbocycles. The normalized spacial score (nSPS) is 10.2. The molecule has 18 heavy (non-hydrogen) atoms. The van der Waals surface area contributed by atoms with Gasteiger partial charge in [-0.2, -0.15) is 0 Å². The van der Waals surface area contributed by atoms with Crippen LogP contribution in [-0.2, 0) is 4.79 Å². The van der Waals surface area contributed by atoms with Crippen LogP contribution in [0.3, 0.4) is 0 Å². The average molecular weight is 249 g/mol. The maximum Gasteiger partial charge on any atom is 0.252 e. The van der Waals surface area contributed by atoms with E-state index in [1.165, 1.54) is 6.20 Å². The van der Waals surface area contributed by atoms with E-state index in [2.05, 4.69) is 15.6 Å². The molecule has 1 heterocycles. The van der Waals surface area contributed by atoms with E-state index in [-0.39, 0.29) is 17.7 Å². The van der Waals surface area contributed by atoms with Gasteiger partial charge in [0.15, 0.2) is 0 Å². The molecule has 0 atom stereocenters. The minimum atomic E-state index is -0.179. The number of pyridine rings is 1. The lowest BCUT2D eigenvalue weighted by molar-refractivity contribution is -0.123. The lowest BCUT2D eigenvalue weighted by atomic mass is 10.2. The molecule has 2 N–H and O–H groups in total. The third kappa shape index (κ3) is 4.53. The van der Waals surface area contributed by atoms with Crippen molar-refractivity contribution in [1.29, 1.82) is 0 Å². The van der Waals surface area contributed by atoms with E-state index in [1.807, 2.05) is 20.8 Å². The highest BCUT2D eigenvalue weighted by atomic mass is 16.2. The van der Waals surface area contributed by atoms with Crippen molar-refractivity contribution < 1.29 is 9.59 Å². The van der Waals surface area contributed by atoms with Crippen LogP contribution in [0.15, 0.2) is 18.3 Å². The zero-order chi connectivity index (χ0) is 13.5. The van der Waals surface area contributed by atoms with Crippen LogP contribution >= 0.6 is 0 Å². The molecule has 98 valence electrons. The molecule has 0 saturated heterocycles. The fraction of sp³-hybridized carbons (Fsp3) is 0.462. The SMILES string of the molecule is Cc1ccc(C(=O)NCCNC(=O)C(C)C)cn1. The lowest BCUT2D eigenvalue weighted by Gasteiger charge is -2.08. The van der Waals surface area contributed by atoms with Gasteiger partial charge >= 0.3 is 0 Å². The summed E-state index contributed by atoms with van der Waals surface area (Å²) >= 11 is 0. The Kier molecular flexibility index (Phi) is 5.30. The average Bonchev–Trinajstić information content (AvgIpc) is 2.34. The number of amides is 2. The highest BCUT2D eigenvalue weighted by Gasteiger charge is 2.07. The van der Waals surface area contributed by atoms with Crippen LogP contribution in [0.25, 0.3) is 0 Å². The van der Waals surface area contributed by atoms with Crippen molar-refractivity contribution in [2.75, 3.05) is 13.1 Å². The van der Waals surface area contributed by atoms with Gasteiger partial charge in [-0.15, -0.1) is 0 Å². The van der Waals surface area contributed by atoms with Crippen LogP contribution in [0.4, 0.5) is 0 Å². The summed E-state index contributed by atoms with van der Waals surface area (Å²) in [6.45, 7) is 6.36. The molecule has 1 aromatic heterocycles. The number of hydrogen-bond donors (Lipinski definition) is 2. The number of aromatic nitrogens is 1. The fourth-order valence-electron chi connectivity index (χ4n) is 1.27. The largest absolute Gasteiger partial charge is 0.354 e. The molecule has 5 heteroatoms. The van der Waals surface area contributed by atoms with Crippen molar-refractivity contribution in [3.05, 3.63) is 29.6 Å². The number of aryl methyl sites for hydroxylation is 1. The molecule has 0 aliphatic heterocycles. The first kappa shape index (κ1) is 14.2. The molecule has 0 aliphatic rings. The number of nitrogens with zero attached hydrogens (tertiary/aromatic N) is 1. The van der Waals surface area contributed by atoms with Crippen molar-refractivity contribution >= 4 is 11.8 Å². The van der Waals surface area contributed by atoms with Crippen molar-refractivity contribution in [1.82, 2.24) is 15.6 Å². The van der Waals surface area contributed by atoms with Crippen LogP contribution in [0, 0.1) is 12.8 Å². The van der Waals surface area contributed by atoms with Gasteiger partial charge in [-0.3, -0.25) is 14.6 Å². The second kappa shape index (κ2) is 6.74. The van der Waals surface area contributed by atoms with Gasteiger partial charge in [0, 0.05) is 30.9 Å². The molecule has 0 radical (unpaired) electrons. The van der Waals surface area contributed by atoms with Gasteiger partial charge in [-0.05, 0) is 19.1 Å². The standard InChI is InChI=1S/C13H19N3O2/c1-9(2)12(17)14-6-7-15-13(18)11-5-4-10(3)16-8-11/h4-5,8-9H,6-7H2,1-3H3,(H,14,17)(H,15,18). The van der Waals surface area contributed by atoms with E-state index < -0.39 is 0 Å². The summed E-state index contributed by atoms with van der Waals surface area (Å²) in [5, 5.41) is 5.45. The maximum absolute atomic E-state index is 11.7. The molecular formula is C13H19N3O2. The van der Waals surface area contributed by atoms with Crippen LogP contribution in [0.2, 0.25) is 0 Å². The summed E-state index contributed by atoms with van der Waals surface area (Å²) in [7, 11) is 0. The Hall–Kier alpha value is -1.91. The predicted molar refractivity (Wildman–Crippen MR) is 69.2 cm³/mol. The smallest absolute Gasteiger partial charge is 0.252 e. The van der Waals surface area contributed by atoms with Gasteiger partial charge in [0.2, 0.25) is 5.91 Å².